The predicted octanol–water partition coefficient (Wildman–Crippen LogP) is 1.29. The van der Waals surface area contributed by atoms with Gasteiger partial charge in [0.05, 0.1) is 25.9 Å². The van der Waals surface area contributed by atoms with E-state index in [0.717, 1.165) is 25.1 Å². The molecule has 1 saturated heterocycles. The normalized spacial score (nSPS) is 17.7. The Bertz CT molecular complexity index is 656. The van der Waals surface area contributed by atoms with E-state index in [1.165, 1.54) is 0 Å². The first-order chi connectivity index (χ1) is 10.7. The van der Waals surface area contributed by atoms with E-state index >= 15 is 0 Å². The lowest BCUT2D eigenvalue weighted by atomic mass is 10.1. The smallest absolute Gasteiger partial charge is 0.254 e. The van der Waals surface area contributed by atoms with Crippen LogP contribution in [-0.2, 0) is 6.54 Å². The summed E-state index contributed by atoms with van der Waals surface area (Å²) in [5, 5.41) is 7.80. The number of hydrogen-bond acceptors (Lipinski definition) is 5. The average molecular weight is 301 g/mol. The number of likely N-dealkylation sites (tertiary alicyclic amines) is 1. The first kappa shape index (κ1) is 14.5. The number of carbonyl (C=O) groups is 1. The lowest BCUT2D eigenvalue weighted by Gasteiger charge is -2.24. The summed E-state index contributed by atoms with van der Waals surface area (Å²) in [5.74, 6) is 0.488. The Balaban J connectivity index is 1.79. The Morgan fingerprint density at radius 2 is 2.32 bits per heavy atom. The van der Waals surface area contributed by atoms with Gasteiger partial charge >= 0.3 is 0 Å². The Kier molecular flexibility index (Phi) is 4.04. The molecule has 0 radical (unpaired) electrons. The highest BCUT2D eigenvalue weighted by molar-refractivity contribution is 5.95. The highest BCUT2D eigenvalue weighted by Crippen LogP contribution is 2.23. The summed E-state index contributed by atoms with van der Waals surface area (Å²) < 4.78 is 6.93. The number of carbonyl (C=O) groups excluding carboxylic acids is 1. The summed E-state index contributed by atoms with van der Waals surface area (Å²) in [5.41, 5.74) is 1.39. The van der Waals surface area contributed by atoms with Gasteiger partial charge in [-0.05, 0) is 25.8 Å². The monoisotopic (exact) mass is 301 g/mol. The zero-order valence-corrected chi connectivity index (χ0v) is 12.8. The number of ether oxygens (including phenoxy) is 1. The van der Waals surface area contributed by atoms with Gasteiger partial charge in [0.15, 0.2) is 0 Å². The maximum absolute atomic E-state index is 12.8. The van der Waals surface area contributed by atoms with E-state index in [1.807, 2.05) is 18.0 Å². The molecule has 0 saturated carbocycles. The molecule has 1 atom stereocenters. The lowest BCUT2D eigenvalue weighted by Crippen LogP contribution is -2.38. The van der Waals surface area contributed by atoms with Gasteiger partial charge in [0.2, 0.25) is 5.88 Å². The Morgan fingerprint density at radius 3 is 3.05 bits per heavy atom. The molecule has 0 aliphatic carbocycles. The molecule has 3 rings (SSSR count). The van der Waals surface area contributed by atoms with Crippen LogP contribution in [0.2, 0.25) is 0 Å². The number of methoxy groups -OCH3 is 1. The van der Waals surface area contributed by atoms with Crippen LogP contribution in [0.4, 0.5) is 0 Å². The van der Waals surface area contributed by atoms with Crippen molar-refractivity contribution in [3.63, 3.8) is 0 Å². The van der Waals surface area contributed by atoms with Crippen LogP contribution in [0.15, 0.2) is 24.5 Å². The molecule has 0 bridgehead atoms. The molecule has 1 aliphatic heterocycles. The molecule has 2 aromatic rings. The van der Waals surface area contributed by atoms with Crippen molar-refractivity contribution in [3.8, 4) is 5.88 Å². The number of hydrogen-bond donors (Lipinski definition) is 0. The van der Waals surface area contributed by atoms with Crippen LogP contribution in [0, 0.1) is 6.92 Å². The molecule has 0 aromatic carbocycles. The summed E-state index contributed by atoms with van der Waals surface area (Å²) in [6.07, 6.45) is 5.46. The molecule has 1 amide bonds. The average Bonchev–Trinajstić information content (AvgIpc) is 3.18. The van der Waals surface area contributed by atoms with Gasteiger partial charge in [0.25, 0.3) is 5.91 Å². The minimum atomic E-state index is 0.0198. The van der Waals surface area contributed by atoms with Crippen LogP contribution >= 0.6 is 0 Å². The molecule has 0 spiro atoms. The topological polar surface area (TPSA) is 73.1 Å². The molecule has 1 fully saturated rings. The van der Waals surface area contributed by atoms with Gasteiger partial charge in [-0.3, -0.25) is 9.48 Å². The number of pyridine rings is 1. The quantitative estimate of drug-likeness (QED) is 0.851. The summed E-state index contributed by atoms with van der Waals surface area (Å²) >= 11 is 0. The van der Waals surface area contributed by atoms with Crippen molar-refractivity contribution in [2.75, 3.05) is 13.7 Å². The highest BCUT2D eigenvalue weighted by atomic mass is 16.5. The third kappa shape index (κ3) is 2.93. The molecule has 0 N–H and O–H groups in total. The minimum Gasteiger partial charge on any atom is -0.481 e. The summed E-state index contributed by atoms with van der Waals surface area (Å²) in [6, 6.07) is 3.64. The van der Waals surface area contributed by atoms with E-state index in [0.29, 0.717) is 18.0 Å². The van der Waals surface area contributed by atoms with Gasteiger partial charge < -0.3 is 9.64 Å². The molecular formula is C15H19N5O2. The summed E-state index contributed by atoms with van der Waals surface area (Å²) in [7, 11) is 1.55. The number of rotatable bonds is 4. The maximum Gasteiger partial charge on any atom is 0.254 e. The second-order valence-electron chi connectivity index (χ2n) is 5.46. The largest absolute Gasteiger partial charge is 0.481 e. The minimum absolute atomic E-state index is 0.0198. The van der Waals surface area contributed by atoms with Crippen molar-refractivity contribution in [3.05, 3.63) is 35.8 Å². The van der Waals surface area contributed by atoms with Gasteiger partial charge in [-0.1, -0.05) is 5.21 Å². The van der Waals surface area contributed by atoms with Crippen molar-refractivity contribution >= 4 is 5.91 Å². The molecular weight excluding hydrogens is 282 g/mol. The Morgan fingerprint density at radius 1 is 1.45 bits per heavy atom. The Hall–Kier alpha value is -2.44. The van der Waals surface area contributed by atoms with Crippen molar-refractivity contribution in [2.24, 2.45) is 0 Å². The van der Waals surface area contributed by atoms with Crippen LogP contribution < -0.4 is 4.74 Å². The van der Waals surface area contributed by atoms with Crippen LogP contribution in [-0.4, -0.2) is 50.5 Å². The van der Waals surface area contributed by atoms with Gasteiger partial charge in [-0.2, -0.15) is 0 Å². The predicted molar refractivity (Wildman–Crippen MR) is 79.6 cm³/mol. The molecule has 7 nitrogen and oxygen atoms in total. The maximum atomic E-state index is 12.8. The Labute approximate surface area is 128 Å². The second kappa shape index (κ2) is 6.13. The molecule has 0 unspecified atom stereocenters. The second-order valence-corrected chi connectivity index (χ2v) is 5.46. The number of amides is 1. The summed E-state index contributed by atoms with van der Waals surface area (Å²) in [4.78, 5) is 18.9. The lowest BCUT2D eigenvalue weighted by molar-refractivity contribution is 0.0720. The van der Waals surface area contributed by atoms with Crippen LogP contribution in [0.5, 0.6) is 5.88 Å². The first-order valence-electron chi connectivity index (χ1n) is 7.35. The zero-order valence-electron chi connectivity index (χ0n) is 12.8. The van der Waals surface area contributed by atoms with Crippen molar-refractivity contribution in [1.29, 1.82) is 0 Å². The van der Waals surface area contributed by atoms with Gasteiger partial charge in [-0.25, -0.2) is 4.98 Å². The molecule has 22 heavy (non-hydrogen) atoms. The fourth-order valence-electron chi connectivity index (χ4n) is 2.87. The third-order valence-corrected chi connectivity index (χ3v) is 3.89. The van der Waals surface area contributed by atoms with E-state index in [4.69, 9.17) is 4.74 Å². The third-order valence-electron chi connectivity index (χ3n) is 3.89. The van der Waals surface area contributed by atoms with Crippen molar-refractivity contribution < 1.29 is 9.53 Å². The fraction of sp³-hybridized carbons (Fsp3) is 0.467. The van der Waals surface area contributed by atoms with Crippen molar-refractivity contribution in [2.45, 2.75) is 32.4 Å². The number of nitrogens with zero attached hydrogens (tertiary/aromatic N) is 5. The van der Waals surface area contributed by atoms with Crippen molar-refractivity contribution in [1.82, 2.24) is 24.9 Å². The number of aryl methyl sites for hydroxylation is 1. The van der Waals surface area contributed by atoms with E-state index in [2.05, 4.69) is 15.3 Å². The molecule has 7 heteroatoms. The highest BCUT2D eigenvalue weighted by Gasteiger charge is 2.30. The van der Waals surface area contributed by atoms with E-state index < -0.39 is 0 Å². The van der Waals surface area contributed by atoms with Crippen LogP contribution in [0.1, 0.15) is 28.9 Å². The van der Waals surface area contributed by atoms with Gasteiger partial charge in [0.1, 0.15) is 0 Å². The molecule has 3 heterocycles. The van der Waals surface area contributed by atoms with Crippen LogP contribution in [0.3, 0.4) is 0 Å². The fourth-order valence-corrected chi connectivity index (χ4v) is 2.87. The molecule has 1 aliphatic rings. The SMILES string of the molecule is COc1cc(C(=O)N2CCC[C@H]2Cn2ccnn2)cc(C)n1. The van der Waals surface area contributed by atoms with E-state index in [-0.39, 0.29) is 11.9 Å². The molecule has 2 aromatic heterocycles. The van der Waals surface area contributed by atoms with Gasteiger partial charge in [-0.15, -0.1) is 5.10 Å². The standard InChI is InChI=1S/C15H19N5O2/c1-11-8-12(9-14(17-11)22-2)15(21)20-6-3-4-13(20)10-19-7-5-16-18-19/h5,7-9,13H,3-4,6,10H2,1-2H3/t13-/m0/s1. The first-order valence-corrected chi connectivity index (χ1v) is 7.35. The van der Waals surface area contributed by atoms with Gasteiger partial charge in [0, 0.05) is 30.1 Å². The molecule has 116 valence electrons. The van der Waals surface area contributed by atoms with Crippen LogP contribution in [0.25, 0.3) is 0 Å². The zero-order chi connectivity index (χ0) is 15.5. The van der Waals surface area contributed by atoms with E-state index in [9.17, 15) is 4.79 Å². The van der Waals surface area contributed by atoms with E-state index in [1.54, 1.807) is 30.1 Å². The summed E-state index contributed by atoms with van der Waals surface area (Å²) in [6.45, 7) is 3.30. The number of aromatic nitrogens is 4.